The van der Waals surface area contributed by atoms with Crippen LogP contribution in [0.3, 0.4) is 0 Å². The molecule has 0 aliphatic heterocycles. The fraction of sp³-hybridized carbons (Fsp3) is 0.188. The fourth-order valence-electron chi connectivity index (χ4n) is 1.99. The van der Waals surface area contributed by atoms with Crippen LogP contribution >= 0.6 is 0 Å². The zero-order valence-corrected chi connectivity index (χ0v) is 10.7. The number of carbonyl (C=O) groups excluding carboxylic acids is 1. The molecule has 2 heteroatoms. The molecule has 92 valence electrons. The first-order valence-corrected chi connectivity index (χ1v) is 6.05. The summed E-state index contributed by atoms with van der Waals surface area (Å²) in [6.45, 7) is 4.56. The van der Waals surface area contributed by atoms with E-state index in [1.807, 2.05) is 56.3 Å². The maximum atomic E-state index is 12.0. The van der Waals surface area contributed by atoms with Gasteiger partial charge in [-0.05, 0) is 31.5 Å². The lowest BCUT2D eigenvalue weighted by Crippen LogP contribution is -2.22. The monoisotopic (exact) mass is 239 g/mol. The third-order valence-electron chi connectivity index (χ3n) is 2.78. The summed E-state index contributed by atoms with van der Waals surface area (Å²) in [5.41, 5.74) is 4.05. The predicted molar refractivity (Wildman–Crippen MR) is 73.5 cm³/mol. The van der Waals surface area contributed by atoms with Gasteiger partial charge in [0, 0.05) is 12.1 Å². The second kappa shape index (κ2) is 5.50. The van der Waals surface area contributed by atoms with Crippen LogP contribution in [0.4, 0.5) is 0 Å². The number of benzene rings is 2. The molecule has 0 saturated carbocycles. The molecule has 0 saturated heterocycles. The molecular formula is C16H17NO. The van der Waals surface area contributed by atoms with Crippen molar-refractivity contribution >= 4 is 5.91 Å². The molecule has 0 fully saturated rings. The largest absolute Gasteiger partial charge is 0.348 e. The van der Waals surface area contributed by atoms with E-state index in [4.69, 9.17) is 0 Å². The Morgan fingerprint density at radius 1 is 1.00 bits per heavy atom. The van der Waals surface area contributed by atoms with Gasteiger partial charge in [-0.3, -0.25) is 4.79 Å². The highest BCUT2D eigenvalue weighted by molar-refractivity contribution is 5.94. The number of carbonyl (C=O) groups is 1. The smallest absolute Gasteiger partial charge is 0.251 e. The molecule has 18 heavy (non-hydrogen) atoms. The first-order chi connectivity index (χ1) is 8.65. The Morgan fingerprint density at radius 3 is 2.22 bits per heavy atom. The Labute approximate surface area is 108 Å². The Bertz CT molecular complexity index is 526. The number of hydrogen-bond acceptors (Lipinski definition) is 1. The van der Waals surface area contributed by atoms with Gasteiger partial charge in [0.05, 0.1) is 0 Å². The number of hydrogen-bond donors (Lipinski definition) is 1. The molecule has 1 N–H and O–H groups in total. The average molecular weight is 239 g/mol. The van der Waals surface area contributed by atoms with Crippen LogP contribution in [-0.2, 0) is 6.54 Å². The molecule has 0 atom stereocenters. The highest BCUT2D eigenvalue weighted by atomic mass is 16.1. The molecule has 0 aliphatic rings. The van der Waals surface area contributed by atoms with Gasteiger partial charge in [-0.2, -0.15) is 0 Å². The molecule has 2 aromatic carbocycles. The van der Waals surface area contributed by atoms with Crippen LogP contribution in [0.15, 0.2) is 48.5 Å². The van der Waals surface area contributed by atoms with Crippen molar-refractivity contribution in [2.45, 2.75) is 20.4 Å². The second-order valence-electron chi connectivity index (χ2n) is 4.54. The van der Waals surface area contributed by atoms with Crippen molar-refractivity contribution < 1.29 is 4.79 Å². The van der Waals surface area contributed by atoms with Crippen molar-refractivity contribution in [1.29, 1.82) is 0 Å². The SMILES string of the molecule is Cc1cc(C)cc(C(=O)NCc2ccccc2)c1. The lowest BCUT2D eigenvalue weighted by atomic mass is 10.1. The van der Waals surface area contributed by atoms with Gasteiger partial charge in [0.1, 0.15) is 0 Å². The number of amides is 1. The highest BCUT2D eigenvalue weighted by Crippen LogP contribution is 2.09. The summed E-state index contributed by atoms with van der Waals surface area (Å²) in [6.07, 6.45) is 0. The van der Waals surface area contributed by atoms with E-state index in [0.717, 1.165) is 22.3 Å². The van der Waals surface area contributed by atoms with Crippen LogP contribution in [-0.4, -0.2) is 5.91 Å². The molecule has 2 aromatic rings. The fourth-order valence-corrected chi connectivity index (χ4v) is 1.99. The van der Waals surface area contributed by atoms with Crippen LogP contribution < -0.4 is 5.32 Å². The topological polar surface area (TPSA) is 29.1 Å². The molecule has 0 spiro atoms. The summed E-state index contributed by atoms with van der Waals surface area (Å²) in [4.78, 5) is 12.0. The zero-order chi connectivity index (χ0) is 13.0. The standard InChI is InChI=1S/C16H17NO/c1-12-8-13(2)10-15(9-12)16(18)17-11-14-6-4-3-5-7-14/h3-10H,11H2,1-2H3,(H,17,18). The van der Waals surface area contributed by atoms with Crippen molar-refractivity contribution in [2.75, 3.05) is 0 Å². The summed E-state index contributed by atoms with van der Waals surface area (Å²) >= 11 is 0. The van der Waals surface area contributed by atoms with Crippen LogP contribution in [0, 0.1) is 13.8 Å². The number of aryl methyl sites for hydroxylation is 2. The van der Waals surface area contributed by atoms with Gasteiger partial charge in [0.25, 0.3) is 5.91 Å². The third kappa shape index (κ3) is 3.20. The van der Waals surface area contributed by atoms with Crippen LogP contribution in [0.5, 0.6) is 0 Å². The lowest BCUT2D eigenvalue weighted by molar-refractivity contribution is 0.0950. The van der Waals surface area contributed by atoms with E-state index >= 15 is 0 Å². The molecule has 2 nitrogen and oxygen atoms in total. The minimum absolute atomic E-state index is 0.0225. The van der Waals surface area contributed by atoms with Gasteiger partial charge >= 0.3 is 0 Å². The Hall–Kier alpha value is -2.09. The average Bonchev–Trinajstić information content (AvgIpc) is 2.36. The van der Waals surface area contributed by atoms with E-state index in [9.17, 15) is 4.79 Å². The molecule has 0 aromatic heterocycles. The number of nitrogens with one attached hydrogen (secondary N) is 1. The van der Waals surface area contributed by atoms with E-state index in [-0.39, 0.29) is 5.91 Å². The maximum absolute atomic E-state index is 12.0. The van der Waals surface area contributed by atoms with E-state index in [1.165, 1.54) is 0 Å². The summed E-state index contributed by atoms with van der Waals surface area (Å²) in [6, 6.07) is 15.8. The van der Waals surface area contributed by atoms with Gasteiger partial charge < -0.3 is 5.32 Å². The van der Waals surface area contributed by atoms with Crippen LogP contribution in [0.2, 0.25) is 0 Å². The molecular weight excluding hydrogens is 222 g/mol. The minimum Gasteiger partial charge on any atom is -0.348 e. The van der Waals surface area contributed by atoms with E-state index in [2.05, 4.69) is 11.4 Å². The molecule has 1 amide bonds. The Morgan fingerprint density at radius 2 is 1.61 bits per heavy atom. The van der Waals surface area contributed by atoms with Gasteiger partial charge in [-0.1, -0.05) is 47.5 Å². The molecule has 0 radical (unpaired) electrons. The lowest BCUT2D eigenvalue weighted by Gasteiger charge is -2.07. The third-order valence-corrected chi connectivity index (χ3v) is 2.78. The van der Waals surface area contributed by atoms with Gasteiger partial charge in [0.2, 0.25) is 0 Å². The highest BCUT2D eigenvalue weighted by Gasteiger charge is 2.06. The van der Waals surface area contributed by atoms with Crippen molar-refractivity contribution in [1.82, 2.24) is 5.32 Å². The van der Waals surface area contributed by atoms with Crippen molar-refractivity contribution in [3.8, 4) is 0 Å². The van der Waals surface area contributed by atoms with E-state index in [0.29, 0.717) is 6.54 Å². The molecule has 0 unspecified atom stereocenters. The van der Waals surface area contributed by atoms with E-state index < -0.39 is 0 Å². The minimum atomic E-state index is -0.0225. The van der Waals surface area contributed by atoms with Crippen molar-refractivity contribution in [2.24, 2.45) is 0 Å². The predicted octanol–water partition coefficient (Wildman–Crippen LogP) is 3.23. The van der Waals surface area contributed by atoms with Crippen LogP contribution in [0.25, 0.3) is 0 Å². The summed E-state index contributed by atoms with van der Waals surface area (Å²) in [5, 5.41) is 2.93. The van der Waals surface area contributed by atoms with Crippen LogP contribution in [0.1, 0.15) is 27.0 Å². The van der Waals surface area contributed by atoms with E-state index in [1.54, 1.807) is 0 Å². The summed E-state index contributed by atoms with van der Waals surface area (Å²) in [7, 11) is 0. The quantitative estimate of drug-likeness (QED) is 0.875. The normalized spacial score (nSPS) is 10.1. The van der Waals surface area contributed by atoms with Crippen molar-refractivity contribution in [3.63, 3.8) is 0 Å². The molecule has 0 heterocycles. The summed E-state index contributed by atoms with van der Waals surface area (Å²) in [5.74, 6) is -0.0225. The van der Waals surface area contributed by atoms with Gasteiger partial charge in [-0.25, -0.2) is 0 Å². The Kier molecular flexibility index (Phi) is 3.78. The second-order valence-corrected chi connectivity index (χ2v) is 4.54. The molecule has 0 aliphatic carbocycles. The summed E-state index contributed by atoms with van der Waals surface area (Å²) < 4.78 is 0. The molecule has 2 rings (SSSR count). The van der Waals surface area contributed by atoms with Gasteiger partial charge in [-0.15, -0.1) is 0 Å². The van der Waals surface area contributed by atoms with Crippen molar-refractivity contribution in [3.05, 3.63) is 70.8 Å². The Balaban J connectivity index is 2.04. The maximum Gasteiger partial charge on any atom is 0.251 e. The first kappa shape index (κ1) is 12.4. The van der Waals surface area contributed by atoms with Gasteiger partial charge in [0.15, 0.2) is 0 Å². The zero-order valence-electron chi connectivity index (χ0n) is 10.7. The number of rotatable bonds is 3. The first-order valence-electron chi connectivity index (χ1n) is 6.05. The molecule has 0 bridgehead atoms.